The Hall–Kier alpha value is -2.74. The molecule has 0 saturated heterocycles. The smallest absolute Gasteiger partial charge is 0.225 e. The molecule has 2 rings (SSSR count). The number of benzene rings is 1. The van der Waals surface area contributed by atoms with Gasteiger partial charge >= 0.3 is 0 Å². The molecule has 3 N–H and O–H groups in total. The highest BCUT2D eigenvalue weighted by molar-refractivity contribution is 5.89. The first kappa shape index (κ1) is 19.6. The van der Waals surface area contributed by atoms with Gasteiger partial charge in [0.25, 0.3) is 0 Å². The first-order valence-electron chi connectivity index (χ1n) is 8.35. The van der Waals surface area contributed by atoms with E-state index in [2.05, 4.69) is 10.4 Å². The second-order valence-electron chi connectivity index (χ2n) is 5.93. The molecular formula is C18H26N4O4. The van der Waals surface area contributed by atoms with Crippen molar-refractivity contribution in [2.45, 2.75) is 32.4 Å². The summed E-state index contributed by atoms with van der Waals surface area (Å²) in [5.41, 5.74) is 6.54. The molecule has 0 saturated carbocycles. The monoisotopic (exact) mass is 362 g/mol. The summed E-state index contributed by atoms with van der Waals surface area (Å²) in [6, 6.07) is 5.42. The van der Waals surface area contributed by atoms with Gasteiger partial charge in [-0.15, -0.1) is 0 Å². The molecule has 0 spiro atoms. The van der Waals surface area contributed by atoms with E-state index in [-0.39, 0.29) is 11.9 Å². The first-order chi connectivity index (χ1) is 12.5. The summed E-state index contributed by atoms with van der Waals surface area (Å²) in [4.78, 5) is 12.1. The molecule has 8 nitrogen and oxygen atoms in total. The number of rotatable bonds is 9. The number of ether oxygens (including phenoxy) is 3. The van der Waals surface area contributed by atoms with E-state index in [1.165, 1.54) is 0 Å². The van der Waals surface area contributed by atoms with Crippen LogP contribution < -0.4 is 25.3 Å². The molecule has 8 heteroatoms. The molecule has 0 fully saturated rings. The zero-order valence-electron chi connectivity index (χ0n) is 15.6. The summed E-state index contributed by atoms with van der Waals surface area (Å²) < 4.78 is 17.9. The van der Waals surface area contributed by atoms with E-state index in [1.54, 1.807) is 44.3 Å². The van der Waals surface area contributed by atoms with Crippen molar-refractivity contribution in [1.82, 2.24) is 9.78 Å². The van der Waals surface area contributed by atoms with E-state index in [4.69, 9.17) is 19.9 Å². The number of nitrogens with two attached hydrogens (primary N) is 1. The van der Waals surface area contributed by atoms with Gasteiger partial charge in [-0.2, -0.15) is 5.10 Å². The van der Waals surface area contributed by atoms with Crippen LogP contribution in [-0.4, -0.2) is 43.1 Å². The predicted octanol–water partition coefficient (Wildman–Crippen LogP) is 2.02. The van der Waals surface area contributed by atoms with E-state index in [1.807, 2.05) is 13.0 Å². The molecule has 2 aromatic rings. The van der Waals surface area contributed by atoms with Crippen molar-refractivity contribution in [2.75, 3.05) is 26.6 Å². The van der Waals surface area contributed by atoms with Gasteiger partial charge in [0, 0.05) is 24.1 Å². The lowest BCUT2D eigenvalue weighted by molar-refractivity contribution is -0.116. The lowest BCUT2D eigenvalue weighted by Gasteiger charge is -2.16. The Labute approximate surface area is 153 Å². The summed E-state index contributed by atoms with van der Waals surface area (Å²) in [6.45, 7) is 2.28. The van der Waals surface area contributed by atoms with Crippen molar-refractivity contribution in [1.29, 1.82) is 0 Å². The average Bonchev–Trinajstić information content (AvgIpc) is 3.05. The van der Waals surface area contributed by atoms with Crippen LogP contribution in [0.1, 0.15) is 25.3 Å². The second kappa shape index (κ2) is 9.10. The summed E-state index contributed by atoms with van der Waals surface area (Å²) in [5.74, 6) is 2.18. The van der Waals surface area contributed by atoms with Crippen LogP contribution in [0.2, 0.25) is 0 Å². The van der Waals surface area contributed by atoms with E-state index in [0.29, 0.717) is 42.5 Å². The summed E-state index contributed by atoms with van der Waals surface area (Å²) in [6.07, 6.45) is 2.63. The number of methoxy groups -OCH3 is 3. The van der Waals surface area contributed by atoms with E-state index < -0.39 is 0 Å². The Balaban J connectivity index is 2.20. The fourth-order valence-corrected chi connectivity index (χ4v) is 2.58. The third kappa shape index (κ3) is 4.66. The maximum Gasteiger partial charge on any atom is 0.225 e. The van der Waals surface area contributed by atoms with Crippen LogP contribution in [0.4, 0.5) is 5.82 Å². The third-order valence-corrected chi connectivity index (χ3v) is 3.92. The second-order valence-corrected chi connectivity index (χ2v) is 5.93. The number of amides is 1. The van der Waals surface area contributed by atoms with E-state index in [0.717, 1.165) is 5.56 Å². The lowest BCUT2D eigenvalue weighted by atomic mass is 10.1. The number of anilines is 1. The quantitative estimate of drug-likeness (QED) is 0.708. The Bertz CT molecular complexity index is 743. The molecule has 0 bridgehead atoms. The number of nitrogens with zero attached hydrogens (tertiary/aromatic N) is 2. The van der Waals surface area contributed by atoms with Crippen molar-refractivity contribution in [3.8, 4) is 17.2 Å². The Kier molecular flexibility index (Phi) is 6.85. The van der Waals surface area contributed by atoms with Crippen molar-refractivity contribution in [2.24, 2.45) is 5.73 Å². The van der Waals surface area contributed by atoms with Crippen molar-refractivity contribution in [3.05, 3.63) is 30.0 Å². The highest BCUT2D eigenvalue weighted by atomic mass is 16.5. The maximum absolute atomic E-state index is 12.1. The lowest BCUT2D eigenvalue weighted by Crippen LogP contribution is -2.21. The van der Waals surface area contributed by atoms with Gasteiger partial charge in [0.15, 0.2) is 11.5 Å². The van der Waals surface area contributed by atoms with Crippen LogP contribution in [0.15, 0.2) is 24.4 Å². The number of nitrogens with one attached hydrogen (secondary N) is 1. The minimum atomic E-state index is -0.0941. The van der Waals surface area contributed by atoms with Gasteiger partial charge in [-0.1, -0.05) is 0 Å². The van der Waals surface area contributed by atoms with Gasteiger partial charge in [-0.3, -0.25) is 4.79 Å². The topological polar surface area (TPSA) is 101 Å². The first-order valence-corrected chi connectivity index (χ1v) is 8.35. The molecule has 1 aromatic carbocycles. The Morgan fingerprint density at radius 2 is 1.92 bits per heavy atom. The third-order valence-electron chi connectivity index (χ3n) is 3.92. The summed E-state index contributed by atoms with van der Waals surface area (Å²) in [7, 11) is 4.70. The van der Waals surface area contributed by atoms with Gasteiger partial charge in [0.2, 0.25) is 11.7 Å². The molecule has 1 aromatic heterocycles. The van der Waals surface area contributed by atoms with Gasteiger partial charge in [-0.05, 0) is 25.5 Å². The molecule has 1 heterocycles. The SMILES string of the molecule is COc1ccc(Cn2nccc2NC(=O)CCC(C)N)c(OC)c1OC. The molecule has 26 heavy (non-hydrogen) atoms. The minimum absolute atomic E-state index is 0.0123. The van der Waals surface area contributed by atoms with Gasteiger partial charge in [-0.25, -0.2) is 4.68 Å². The van der Waals surface area contributed by atoms with Crippen LogP contribution in [-0.2, 0) is 11.3 Å². The molecule has 0 radical (unpaired) electrons. The molecule has 0 aliphatic heterocycles. The standard InChI is InChI=1S/C18H26N4O4/c1-12(19)5-8-16(23)21-15-9-10-20-22(15)11-13-6-7-14(24-2)18(26-4)17(13)25-3/h6-7,9-10,12H,5,8,11,19H2,1-4H3,(H,21,23). The minimum Gasteiger partial charge on any atom is -0.493 e. The maximum atomic E-state index is 12.1. The van der Waals surface area contributed by atoms with Crippen LogP contribution in [0.25, 0.3) is 0 Å². The summed E-state index contributed by atoms with van der Waals surface area (Å²) >= 11 is 0. The molecular weight excluding hydrogens is 336 g/mol. The molecule has 142 valence electrons. The van der Waals surface area contributed by atoms with Crippen molar-refractivity contribution < 1.29 is 19.0 Å². The number of hydrogen-bond donors (Lipinski definition) is 2. The number of hydrogen-bond acceptors (Lipinski definition) is 6. The highest BCUT2D eigenvalue weighted by Crippen LogP contribution is 2.40. The van der Waals surface area contributed by atoms with Crippen molar-refractivity contribution in [3.63, 3.8) is 0 Å². The molecule has 1 amide bonds. The normalized spacial score (nSPS) is 11.7. The van der Waals surface area contributed by atoms with Gasteiger partial charge in [0.05, 0.1) is 34.1 Å². The molecule has 1 atom stereocenters. The Morgan fingerprint density at radius 1 is 1.19 bits per heavy atom. The Morgan fingerprint density at radius 3 is 2.54 bits per heavy atom. The predicted molar refractivity (Wildman–Crippen MR) is 98.9 cm³/mol. The van der Waals surface area contributed by atoms with Crippen LogP contribution in [0.5, 0.6) is 17.2 Å². The molecule has 0 aliphatic carbocycles. The fourth-order valence-electron chi connectivity index (χ4n) is 2.58. The van der Waals surface area contributed by atoms with Crippen LogP contribution in [0, 0.1) is 0 Å². The fraction of sp³-hybridized carbons (Fsp3) is 0.444. The highest BCUT2D eigenvalue weighted by Gasteiger charge is 2.17. The van der Waals surface area contributed by atoms with E-state index in [9.17, 15) is 4.79 Å². The zero-order chi connectivity index (χ0) is 19.1. The molecule has 1 unspecified atom stereocenters. The van der Waals surface area contributed by atoms with E-state index >= 15 is 0 Å². The summed E-state index contributed by atoms with van der Waals surface area (Å²) in [5, 5.41) is 7.15. The van der Waals surface area contributed by atoms with Crippen LogP contribution >= 0.6 is 0 Å². The number of aromatic nitrogens is 2. The van der Waals surface area contributed by atoms with Gasteiger partial charge < -0.3 is 25.3 Å². The average molecular weight is 362 g/mol. The number of carbonyl (C=O) groups is 1. The largest absolute Gasteiger partial charge is 0.493 e. The van der Waals surface area contributed by atoms with Crippen LogP contribution in [0.3, 0.4) is 0 Å². The van der Waals surface area contributed by atoms with Crippen molar-refractivity contribution >= 4 is 11.7 Å². The number of carbonyl (C=O) groups excluding carboxylic acids is 1. The zero-order valence-corrected chi connectivity index (χ0v) is 15.6. The van der Waals surface area contributed by atoms with Gasteiger partial charge in [0.1, 0.15) is 5.82 Å². The molecule has 0 aliphatic rings.